The number of carboxylic acids is 1. The van der Waals surface area contributed by atoms with Crippen molar-refractivity contribution in [3.63, 3.8) is 0 Å². The van der Waals surface area contributed by atoms with Crippen molar-refractivity contribution in [1.29, 1.82) is 0 Å². The van der Waals surface area contributed by atoms with E-state index >= 15 is 0 Å². The number of aryl methyl sites for hydroxylation is 2. The molecule has 0 amide bonds. The van der Waals surface area contributed by atoms with Gasteiger partial charge in [0.2, 0.25) is 0 Å². The summed E-state index contributed by atoms with van der Waals surface area (Å²) in [5, 5.41) is 15.9. The lowest BCUT2D eigenvalue weighted by atomic mass is 10.00. The number of piperidine rings is 1. The molecule has 0 saturated carbocycles. The molecule has 1 aliphatic rings. The van der Waals surface area contributed by atoms with Gasteiger partial charge in [-0.1, -0.05) is 12.1 Å². The van der Waals surface area contributed by atoms with Gasteiger partial charge in [-0.15, -0.1) is 0 Å². The van der Waals surface area contributed by atoms with Crippen molar-refractivity contribution in [2.45, 2.75) is 32.7 Å². The van der Waals surface area contributed by atoms with E-state index in [4.69, 9.17) is 0 Å². The third-order valence-electron chi connectivity index (χ3n) is 5.23. The van der Waals surface area contributed by atoms with Crippen LogP contribution in [-0.4, -0.2) is 37.3 Å². The zero-order valence-corrected chi connectivity index (χ0v) is 16.0. The van der Waals surface area contributed by atoms with Crippen LogP contribution in [0.15, 0.2) is 30.3 Å². The Morgan fingerprint density at radius 3 is 2.48 bits per heavy atom. The van der Waals surface area contributed by atoms with Gasteiger partial charge in [-0.05, 0) is 56.0 Å². The first-order valence-corrected chi connectivity index (χ1v) is 9.23. The van der Waals surface area contributed by atoms with Crippen molar-refractivity contribution < 1.29 is 14.3 Å². The fourth-order valence-electron chi connectivity index (χ4n) is 3.74. The molecule has 1 aliphatic heterocycles. The van der Waals surface area contributed by atoms with Gasteiger partial charge in [-0.3, -0.25) is 0 Å². The highest BCUT2D eigenvalue weighted by Crippen LogP contribution is 2.32. The molecule has 2 aromatic rings. The van der Waals surface area contributed by atoms with E-state index in [1.807, 2.05) is 26.0 Å². The molecule has 3 N–H and O–H groups in total. The molecular formula is C21H26FN3O2. The van der Waals surface area contributed by atoms with Crippen molar-refractivity contribution in [2.24, 2.45) is 0 Å². The van der Waals surface area contributed by atoms with Gasteiger partial charge in [-0.25, -0.2) is 9.18 Å². The molecule has 0 aromatic heterocycles. The second-order valence-electron chi connectivity index (χ2n) is 7.08. The van der Waals surface area contributed by atoms with Gasteiger partial charge in [0, 0.05) is 31.9 Å². The summed E-state index contributed by atoms with van der Waals surface area (Å²) in [6, 6.07) is 8.93. The fraction of sp³-hybridized carbons (Fsp3) is 0.381. The molecule has 144 valence electrons. The minimum Gasteiger partial charge on any atom is -0.478 e. The molecule has 0 atom stereocenters. The molecule has 1 heterocycles. The minimum absolute atomic E-state index is 0.214. The lowest BCUT2D eigenvalue weighted by molar-refractivity contribution is 0.0696. The summed E-state index contributed by atoms with van der Waals surface area (Å²) in [7, 11) is 1.80. The SMILES string of the molecule is CNc1cccc(F)c1N1CCC(Nc2cc(C(=O)O)c(C)cc2C)CC1. The standard InChI is InChI=1S/C21H26FN3O2/c1-13-11-14(2)19(12-16(13)21(26)27)24-15-7-9-25(10-8-15)20-17(22)5-4-6-18(20)23-3/h4-6,11-12,15,23-24H,7-10H2,1-3H3,(H,26,27). The highest BCUT2D eigenvalue weighted by Gasteiger charge is 2.24. The molecule has 5 nitrogen and oxygen atoms in total. The topological polar surface area (TPSA) is 64.6 Å². The molecule has 0 aliphatic carbocycles. The Morgan fingerprint density at radius 2 is 1.85 bits per heavy atom. The molecular weight excluding hydrogens is 345 g/mol. The van der Waals surface area contributed by atoms with E-state index in [0.29, 0.717) is 11.3 Å². The molecule has 1 saturated heterocycles. The van der Waals surface area contributed by atoms with Crippen molar-refractivity contribution in [3.8, 4) is 0 Å². The number of aromatic carboxylic acids is 1. The van der Waals surface area contributed by atoms with Crippen molar-refractivity contribution in [3.05, 3.63) is 52.8 Å². The minimum atomic E-state index is -0.912. The second kappa shape index (κ2) is 7.86. The average molecular weight is 371 g/mol. The number of nitrogens with zero attached hydrogens (tertiary/aromatic N) is 1. The average Bonchev–Trinajstić information content (AvgIpc) is 2.64. The predicted octanol–water partition coefficient (Wildman–Crippen LogP) is 4.26. The van der Waals surface area contributed by atoms with Crippen molar-refractivity contribution in [1.82, 2.24) is 0 Å². The third kappa shape index (κ3) is 3.99. The first kappa shape index (κ1) is 19.0. The number of benzene rings is 2. The van der Waals surface area contributed by atoms with Gasteiger partial charge in [0.25, 0.3) is 0 Å². The van der Waals surface area contributed by atoms with Crippen LogP contribution in [0, 0.1) is 19.7 Å². The Balaban J connectivity index is 1.71. The number of nitrogens with one attached hydrogen (secondary N) is 2. The molecule has 0 bridgehead atoms. The third-order valence-corrected chi connectivity index (χ3v) is 5.23. The number of halogens is 1. The van der Waals surface area contributed by atoms with Gasteiger partial charge in [0.1, 0.15) is 5.82 Å². The quantitative estimate of drug-likeness (QED) is 0.733. The zero-order valence-electron chi connectivity index (χ0n) is 16.0. The molecule has 0 unspecified atom stereocenters. The lowest BCUT2D eigenvalue weighted by Gasteiger charge is -2.35. The lowest BCUT2D eigenvalue weighted by Crippen LogP contribution is -2.40. The van der Waals surface area contributed by atoms with E-state index in [9.17, 15) is 14.3 Å². The number of carboxylic acid groups (broad SMARTS) is 1. The number of carbonyl (C=O) groups is 1. The van der Waals surface area contributed by atoms with E-state index in [0.717, 1.165) is 48.4 Å². The number of rotatable bonds is 5. The van der Waals surface area contributed by atoms with Crippen LogP contribution in [0.4, 0.5) is 21.5 Å². The molecule has 27 heavy (non-hydrogen) atoms. The molecule has 0 spiro atoms. The summed E-state index contributed by atoms with van der Waals surface area (Å²) in [6.07, 6.45) is 1.71. The van der Waals surface area contributed by atoms with Gasteiger partial charge in [0.05, 0.1) is 16.9 Å². The van der Waals surface area contributed by atoms with Gasteiger partial charge < -0.3 is 20.6 Å². The Morgan fingerprint density at radius 1 is 1.15 bits per heavy atom. The maximum Gasteiger partial charge on any atom is 0.336 e. The van der Waals surface area contributed by atoms with Gasteiger partial charge in [-0.2, -0.15) is 0 Å². The molecule has 2 aromatic carbocycles. The maximum absolute atomic E-state index is 14.3. The van der Waals surface area contributed by atoms with E-state index in [1.54, 1.807) is 19.2 Å². The maximum atomic E-state index is 14.3. The number of anilines is 3. The Bertz CT molecular complexity index is 846. The van der Waals surface area contributed by atoms with Crippen LogP contribution < -0.4 is 15.5 Å². The first-order chi connectivity index (χ1) is 12.9. The van der Waals surface area contributed by atoms with E-state index in [1.165, 1.54) is 6.07 Å². The second-order valence-corrected chi connectivity index (χ2v) is 7.08. The van der Waals surface area contributed by atoms with Crippen molar-refractivity contribution in [2.75, 3.05) is 35.7 Å². The normalized spacial score (nSPS) is 14.9. The summed E-state index contributed by atoms with van der Waals surface area (Å²) in [5.41, 5.74) is 4.40. The van der Waals surface area contributed by atoms with Crippen LogP contribution in [0.1, 0.15) is 34.3 Å². The first-order valence-electron chi connectivity index (χ1n) is 9.23. The van der Waals surface area contributed by atoms with Crippen LogP contribution in [-0.2, 0) is 0 Å². The summed E-state index contributed by atoms with van der Waals surface area (Å²) in [6.45, 7) is 5.27. The van der Waals surface area contributed by atoms with Gasteiger partial charge in [0.15, 0.2) is 0 Å². The van der Waals surface area contributed by atoms with Crippen molar-refractivity contribution >= 4 is 23.0 Å². The Hall–Kier alpha value is -2.76. The van der Waals surface area contributed by atoms with E-state index < -0.39 is 5.97 Å². The fourth-order valence-corrected chi connectivity index (χ4v) is 3.74. The number of para-hydroxylation sites is 1. The largest absolute Gasteiger partial charge is 0.478 e. The Kier molecular flexibility index (Phi) is 5.54. The smallest absolute Gasteiger partial charge is 0.336 e. The molecule has 1 fully saturated rings. The summed E-state index contributed by atoms with van der Waals surface area (Å²) in [5.74, 6) is -1.13. The summed E-state index contributed by atoms with van der Waals surface area (Å²) >= 11 is 0. The van der Waals surface area contributed by atoms with E-state index in [-0.39, 0.29) is 11.9 Å². The van der Waals surface area contributed by atoms with Crippen LogP contribution >= 0.6 is 0 Å². The zero-order chi connectivity index (χ0) is 19.6. The number of hydrogen-bond donors (Lipinski definition) is 3. The number of hydrogen-bond acceptors (Lipinski definition) is 4. The summed E-state index contributed by atoms with van der Waals surface area (Å²) < 4.78 is 14.3. The Labute approximate surface area is 159 Å². The van der Waals surface area contributed by atoms with Crippen LogP contribution in [0.3, 0.4) is 0 Å². The van der Waals surface area contributed by atoms with Crippen LogP contribution in [0.5, 0.6) is 0 Å². The van der Waals surface area contributed by atoms with Gasteiger partial charge >= 0.3 is 5.97 Å². The molecule has 6 heteroatoms. The van der Waals surface area contributed by atoms with E-state index in [2.05, 4.69) is 15.5 Å². The monoisotopic (exact) mass is 371 g/mol. The molecule has 3 rings (SSSR count). The predicted molar refractivity (Wildman–Crippen MR) is 108 cm³/mol. The van der Waals surface area contributed by atoms with Crippen LogP contribution in [0.2, 0.25) is 0 Å². The van der Waals surface area contributed by atoms with Crippen LogP contribution in [0.25, 0.3) is 0 Å². The molecule has 0 radical (unpaired) electrons. The highest BCUT2D eigenvalue weighted by molar-refractivity contribution is 5.91. The highest BCUT2D eigenvalue weighted by atomic mass is 19.1. The summed E-state index contributed by atoms with van der Waals surface area (Å²) in [4.78, 5) is 13.5.